The summed E-state index contributed by atoms with van der Waals surface area (Å²) >= 11 is 0. The third kappa shape index (κ3) is 2.70. The Bertz CT molecular complexity index is 1300. The Morgan fingerprint density at radius 1 is 0.964 bits per heavy atom. The Morgan fingerprint density at radius 3 is 2.32 bits per heavy atom. The summed E-state index contributed by atoms with van der Waals surface area (Å²) in [5.74, 6) is -0.332. The molecule has 0 radical (unpaired) electrons. The molecule has 0 aliphatic heterocycles. The first-order valence-electron chi connectivity index (χ1n) is 9.21. The van der Waals surface area contributed by atoms with Crippen LogP contribution < -0.4 is 0 Å². The van der Waals surface area contributed by atoms with E-state index in [1.165, 1.54) is 0 Å². The van der Waals surface area contributed by atoms with Gasteiger partial charge in [0.1, 0.15) is 12.3 Å². The first-order chi connectivity index (χ1) is 13.7. The van der Waals surface area contributed by atoms with Crippen LogP contribution in [-0.4, -0.2) is 15.4 Å². The second-order valence-electron chi connectivity index (χ2n) is 6.92. The molecular weight excluding hydrogens is 348 g/mol. The zero-order valence-corrected chi connectivity index (χ0v) is 15.4. The number of esters is 1. The number of imidazole rings is 1. The van der Waals surface area contributed by atoms with Crippen LogP contribution in [0.25, 0.3) is 27.2 Å². The van der Waals surface area contributed by atoms with E-state index in [9.17, 15) is 4.79 Å². The Labute approximate surface area is 162 Å². The van der Waals surface area contributed by atoms with E-state index in [0.29, 0.717) is 5.56 Å². The number of ether oxygens (including phenoxy) is 1. The second kappa shape index (κ2) is 6.50. The maximum Gasteiger partial charge on any atom is 0.339 e. The van der Waals surface area contributed by atoms with Gasteiger partial charge < -0.3 is 9.14 Å². The number of aryl methyl sites for hydroxylation is 1. The molecule has 3 aromatic carbocycles. The van der Waals surface area contributed by atoms with E-state index in [1.807, 2.05) is 84.4 Å². The Kier molecular flexibility index (Phi) is 3.83. The minimum atomic E-state index is -0.332. The van der Waals surface area contributed by atoms with Gasteiger partial charge in [-0.2, -0.15) is 0 Å². The lowest BCUT2D eigenvalue weighted by Crippen LogP contribution is -2.07. The van der Waals surface area contributed by atoms with Gasteiger partial charge >= 0.3 is 5.97 Å². The van der Waals surface area contributed by atoms with Gasteiger partial charge in [0.15, 0.2) is 0 Å². The van der Waals surface area contributed by atoms with Crippen molar-refractivity contribution in [1.29, 1.82) is 0 Å². The van der Waals surface area contributed by atoms with Gasteiger partial charge in [-0.15, -0.1) is 0 Å². The van der Waals surface area contributed by atoms with Crippen molar-refractivity contribution in [2.75, 3.05) is 0 Å². The Balaban J connectivity index is 1.53. The highest BCUT2D eigenvalue weighted by Crippen LogP contribution is 2.29. The number of carbonyl (C=O) groups is 1. The number of pyridine rings is 1. The van der Waals surface area contributed by atoms with Crippen LogP contribution in [0, 0.1) is 6.92 Å². The van der Waals surface area contributed by atoms with Crippen LogP contribution in [-0.2, 0) is 11.3 Å². The fraction of sp³-hybridized carbons (Fsp3) is 0.0833. The molecule has 0 fully saturated rings. The highest BCUT2D eigenvalue weighted by atomic mass is 16.5. The molecule has 0 aliphatic rings. The van der Waals surface area contributed by atoms with E-state index in [2.05, 4.69) is 11.1 Å². The summed E-state index contributed by atoms with van der Waals surface area (Å²) in [6.07, 6.45) is 3.84. The van der Waals surface area contributed by atoms with E-state index in [1.54, 1.807) is 0 Å². The first-order valence-corrected chi connectivity index (χ1v) is 9.21. The van der Waals surface area contributed by atoms with E-state index in [0.717, 1.165) is 38.4 Å². The zero-order chi connectivity index (χ0) is 19.1. The molecular formula is C24H18N2O2. The lowest BCUT2D eigenvalue weighted by atomic mass is 9.97. The van der Waals surface area contributed by atoms with Crippen LogP contribution in [0.2, 0.25) is 0 Å². The molecule has 5 aromatic rings. The molecule has 28 heavy (non-hydrogen) atoms. The number of rotatable bonds is 3. The molecule has 4 heteroatoms. The smallest absolute Gasteiger partial charge is 0.339 e. The van der Waals surface area contributed by atoms with Crippen LogP contribution >= 0.6 is 0 Å². The van der Waals surface area contributed by atoms with Crippen molar-refractivity contribution in [1.82, 2.24) is 9.38 Å². The molecule has 0 aliphatic carbocycles. The van der Waals surface area contributed by atoms with Crippen LogP contribution in [0.3, 0.4) is 0 Å². The molecule has 0 saturated carbocycles. The van der Waals surface area contributed by atoms with Crippen molar-refractivity contribution in [3.8, 4) is 0 Å². The number of fused-ring (bicyclic) bond motifs is 3. The highest BCUT2D eigenvalue weighted by molar-refractivity contribution is 6.16. The summed E-state index contributed by atoms with van der Waals surface area (Å²) in [5.41, 5.74) is 3.30. The monoisotopic (exact) mass is 366 g/mol. The molecule has 0 bridgehead atoms. The molecule has 5 rings (SSSR count). The Hall–Kier alpha value is -3.66. The predicted octanol–water partition coefficient (Wildman–Crippen LogP) is 5.31. The summed E-state index contributed by atoms with van der Waals surface area (Å²) in [6, 6.07) is 21.9. The number of carbonyl (C=O) groups excluding carboxylic acids is 1. The van der Waals surface area contributed by atoms with Crippen molar-refractivity contribution in [3.63, 3.8) is 0 Å². The van der Waals surface area contributed by atoms with Crippen molar-refractivity contribution in [3.05, 3.63) is 95.9 Å². The minimum Gasteiger partial charge on any atom is -0.455 e. The van der Waals surface area contributed by atoms with Crippen LogP contribution in [0.4, 0.5) is 0 Å². The van der Waals surface area contributed by atoms with E-state index in [-0.39, 0.29) is 12.6 Å². The topological polar surface area (TPSA) is 43.6 Å². The summed E-state index contributed by atoms with van der Waals surface area (Å²) in [6.45, 7) is 2.15. The molecule has 0 unspecified atom stereocenters. The molecule has 0 atom stereocenters. The molecule has 0 amide bonds. The quantitative estimate of drug-likeness (QED) is 0.321. The summed E-state index contributed by atoms with van der Waals surface area (Å²) in [4.78, 5) is 17.7. The van der Waals surface area contributed by atoms with Crippen LogP contribution in [0.1, 0.15) is 21.6 Å². The normalized spacial score (nSPS) is 11.3. The fourth-order valence-electron chi connectivity index (χ4n) is 3.72. The molecule has 136 valence electrons. The third-order valence-electron chi connectivity index (χ3n) is 5.05. The third-order valence-corrected chi connectivity index (χ3v) is 5.05. The molecule has 0 N–H and O–H groups in total. The summed E-state index contributed by atoms with van der Waals surface area (Å²) in [5, 5.41) is 3.85. The van der Waals surface area contributed by atoms with E-state index < -0.39 is 0 Å². The minimum absolute atomic E-state index is 0.136. The molecule has 0 saturated heterocycles. The highest BCUT2D eigenvalue weighted by Gasteiger charge is 2.17. The average molecular weight is 366 g/mol. The molecule has 2 aromatic heterocycles. The van der Waals surface area contributed by atoms with Gasteiger partial charge in [0.05, 0.1) is 11.3 Å². The molecule has 0 spiro atoms. The SMILES string of the molecule is Cc1cccn2cc(COC(=O)c3c4ccccc4cc4ccccc34)nc12. The summed E-state index contributed by atoms with van der Waals surface area (Å²) < 4.78 is 7.64. The van der Waals surface area contributed by atoms with Gasteiger partial charge in [-0.3, -0.25) is 0 Å². The molecule has 2 heterocycles. The lowest BCUT2D eigenvalue weighted by molar-refractivity contribution is 0.0473. The van der Waals surface area contributed by atoms with Crippen molar-refractivity contribution < 1.29 is 9.53 Å². The van der Waals surface area contributed by atoms with E-state index in [4.69, 9.17) is 4.74 Å². The number of hydrogen-bond acceptors (Lipinski definition) is 3. The van der Waals surface area contributed by atoms with Gasteiger partial charge in [-0.25, -0.2) is 9.78 Å². The van der Waals surface area contributed by atoms with Crippen molar-refractivity contribution >= 4 is 33.2 Å². The van der Waals surface area contributed by atoms with Crippen LogP contribution in [0.15, 0.2) is 79.1 Å². The van der Waals surface area contributed by atoms with E-state index >= 15 is 0 Å². The largest absolute Gasteiger partial charge is 0.455 e. The Morgan fingerprint density at radius 2 is 1.64 bits per heavy atom. The first kappa shape index (κ1) is 16.5. The summed E-state index contributed by atoms with van der Waals surface area (Å²) in [7, 11) is 0. The van der Waals surface area contributed by atoms with Gasteiger partial charge in [0.2, 0.25) is 0 Å². The van der Waals surface area contributed by atoms with Gasteiger partial charge in [-0.05, 0) is 46.2 Å². The number of aromatic nitrogens is 2. The number of benzene rings is 3. The van der Waals surface area contributed by atoms with Gasteiger partial charge in [-0.1, -0.05) is 54.6 Å². The maximum absolute atomic E-state index is 13.1. The molecule has 4 nitrogen and oxygen atoms in total. The average Bonchev–Trinajstić information content (AvgIpc) is 3.15. The van der Waals surface area contributed by atoms with Crippen LogP contribution in [0.5, 0.6) is 0 Å². The lowest BCUT2D eigenvalue weighted by Gasteiger charge is -2.11. The van der Waals surface area contributed by atoms with Crippen molar-refractivity contribution in [2.24, 2.45) is 0 Å². The predicted molar refractivity (Wildman–Crippen MR) is 111 cm³/mol. The van der Waals surface area contributed by atoms with Gasteiger partial charge in [0.25, 0.3) is 0 Å². The maximum atomic E-state index is 13.1. The van der Waals surface area contributed by atoms with Crippen molar-refractivity contribution in [2.45, 2.75) is 13.5 Å². The number of nitrogens with zero attached hydrogens (tertiary/aromatic N) is 2. The number of hydrogen-bond donors (Lipinski definition) is 0. The fourth-order valence-corrected chi connectivity index (χ4v) is 3.72. The zero-order valence-electron chi connectivity index (χ0n) is 15.4. The second-order valence-corrected chi connectivity index (χ2v) is 6.92. The van der Waals surface area contributed by atoms with Gasteiger partial charge in [0, 0.05) is 12.4 Å². The standard InChI is InChI=1S/C24H18N2O2/c1-16-7-6-12-26-14-19(25-23(16)26)15-28-24(27)22-20-10-4-2-8-17(20)13-18-9-3-5-11-21(18)22/h2-14H,15H2,1H3.